The van der Waals surface area contributed by atoms with Gasteiger partial charge in [-0.25, -0.2) is 33.6 Å². The molecule has 4 rings (SSSR count). The van der Waals surface area contributed by atoms with Crippen LogP contribution in [0.25, 0.3) is 16.7 Å². The van der Waals surface area contributed by atoms with Gasteiger partial charge in [-0.3, -0.25) is 0 Å². The third-order valence-corrected chi connectivity index (χ3v) is 3.56. The lowest BCUT2D eigenvalue weighted by atomic mass is 10.3. The maximum absolute atomic E-state index is 13.5. The van der Waals surface area contributed by atoms with Gasteiger partial charge in [0.1, 0.15) is 5.82 Å². The Morgan fingerprint density at radius 1 is 1.16 bits per heavy atom. The highest BCUT2D eigenvalue weighted by molar-refractivity contribution is 5.82. The topological polar surface area (TPSA) is 113 Å². The van der Waals surface area contributed by atoms with Crippen molar-refractivity contribution in [3.63, 3.8) is 0 Å². The van der Waals surface area contributed by atoms with Crippen molar-refractivity contribution < 1.29 is 4.39 Å². The number of hydrogen-bond acceptors (Lipinski definition) is 7. The minimum Gasteiger partial charge on any atom is -0.365 e. The van der Waals surface area contributed by atoms with E-state index in [0.29, 0.717) is 41.5 Å². The second kappa shape index (κ2) is 6.15. The van der Waals surface area contributed by atoms with Crippen LogP contribution in [0.5, 0.6) is 0 Å². The molecule has 0 amide bonds. The van der Waals surface area contributed by atoms with E-state index in [-0.39, 0.29) is 0 Å². The molecule has 126 valence electrons. The van der Waals surface area contributed by atoms with Gasteiger partial charge >= 0.3 is 5.69 Å². The van der Waals surface area contributed by atoms with Gasteiger partial charge in [0.2, 0.25) is 11.6 Å². The molecule has 0 atom stereocenters. The molecule has 3 heterocycles. The Morgan fingerprint density at radius 2 is 1.96 bits per heavy atom. The van der Waals surface area contributed by atoms with Crippen molar-refractivity contribution in [1.82, 2.24) is 29.5 Å². The normalized spacial score (nSPS) is 11.1. The molecule has 25 heavy (non-hydrogen) atoms. The number of halogens is 1. The number of H-pyrrole nitrogens is 1. The van der Waals surface area contributed by atoms with Crippen LogP contribution in [0.1, 0.15) is 0 Å². The van der Waals surface area contributed by atoms with E-state index in [1.54, 1.807) is 18.5 Å². The molecule has 3 N–H and O–H groups in total. The van der Waals surface area contributed by atoms with Crippen molar-refractivity contribution in [3.05, 3.63) is 53.0 Å². The molecule has 0 aliphatic rings. The lowest BCUT2D eigenvalue weighted by Crippen LogP contribution is -2.17. The van der Waals surface area contributed by atoms with E-state index in [2.05, 4.69) is 35.8 Å². The quantitative estimate of drug-likeness (QED) is 0.465. The number of fused-ring (bicyclic) bond motifs is 3. The Bertz CT molecular complexity index is 1090. The average molecular weight is 340 g/mol. The van der Waals surface area contributed by atoms with Crippen LogP contribution in [0.15, 0.2) is 41.5 Å². The van der Waals surface area contributed by atoms with Crippen LogP contribution >= 0.6 is 0 Å². The lowest BCUT2D eigenvalue weighted by molar-refractivity contribution is 0.629. The molecule has 0 bridgehead atoms. The fraction of sp³-hybridized carbons (Fsp3) is 0.133. The predicted molar refractivity (Wildman–Crippen MR) is 90.1 cm³/mol. The molecule has 0 unspecified atom stereocenters. The van der Waals surface area contributed by atoms with Crippen LogP contribution in [0.2, 0.25) is 0 Å². The van der Waals surface area contributed by atoms with Crippen LogP contribution < -0.4 is 16.3 Å². The molecule has 0 aliphatic heterocycles. The van der Waals surface area contributed by atoms with E-state index in [1.165, 1.54) is 22.6 Å². The maximum atomic E-state index is 13.5. The minimum absolute atomic E-state index is 0.305. The van der Waals surface area contributed by atoms with Gasteiger partial charge in [0.25, 0.3) is 0 Å². The van der Waals surface area contributed by atoms with Crippen molar-refractivity contribution in [2.45, 2.75) is 0 Å². The largest absolute Gasteiger partial charge is 0.365 e. The zero-order valence-corrected chi connectivity index (χ0v) is 12.9. The van der Waals surface area contributed by atoms with Crippen LogP contribution in [0.4, 0.5) is 16.2 Å². The summed E-state index contributed by atoms with van der Waals surface area (Å²) < 4.78 is 14.8. The third-order valence-electron chi connectivity index (χ3n) is 3.56. The van der Waals surface area contributed by atoms with Crippen molar-refractivity contribution in [3.8, 4) is 0 Å². The molecule has 4 aromatic rings. The summed E-state index contributed by atoms with van der Waals surface area (Å²) in [4.78, 5) is 24.6. The lowest BCUT2D eigenvalue weighted by Gasteiger charge is -2.09. The van der Waals surface area contributed by atoms with Gasteiger partial charge in [-0.05, 0) is 18.2 Å². The molecule has 9 nitrogen and oxygen atoms in total. The summed E-state index contributed by atoms with van der Waals surface area (Å²) >= 11 is 0. The second-order valence-corrected chi connectivity index (χ2v) is 5.21. The zero-order valence-electron chi connectivity index (χ0n) is 12.9. The Hall–Kier alpha value is -3.56. The second-order valence-electron chi connectivity index (χ2n) is 5.21. The molecule has 0 saturated heterocycles. The summed E-state index contributed by atoms with van der Waals surface area (Å²) in [6.45, 7) is 1.03. The standard InChI is InChI=1S/C15H13FN8O/c16-9-2-3-10-11(8-9)24-13(22-23-15(24)25)12(21-10)17-6-7-20-14-18-4-1-5-19-14/h1-5,8H,6-7H2,(H,17,21)(H,23,25)(H,18,19,20). The number of benzene rings is 1. The molecule has 0 fully saturated rings. The number of aromatic amines is 1. The van der Waals surface area contributed by atoms with Crippen molar-refractivity contribution in [2.24, 2.45) is 0 Å². The van der Waals surface area contributed by atoms with E-state index < -0.39 is 11.5 Å². The van der Waals surface area contributed by atoms with E-state index in [9.17, 15) is 9.18 Å². The fourth-order valence-corrected chi connectivity index (χ4v) is 2.48. The molecule has 3 aromatic heterocycles. The van der Waals surface area contributed by atoms with Crippen LogP contribution in [0.3, 0.4) is 0 Å². The van der Waals surface area contributed by atoms with Gasteiger partial charge in [0.05, 0.1) is 11.0 Å². The predicted octanol–water partition coefficient (Wildman–Crippen LogP) is 1.02. The number of anilines is 2. The first-order valence-electron chi connectivity index (χ1n) is 7.53. The molecule has 0 aliphatic carbocycles. The first-order valence-corrected chi connectivity index (χ1v) is 7.53. The average Bonchev–Trinajstić information content (AvgIpc) is 3.02. The smallest absolute Gasteiger partial charge is 0.348 e. The van der Waals surface area contributed by atoms with E-state index >= 15 is 0 Å². The van der Waals surface area contributed by atoms with E-state index in [1.807, 2.05) is 0 Å². The summed E-state index contributed by atoms with van der Waals surface area (Å²) in [6, 6.07) is 5.80. The molecular formula is C15H13FN8O. The summed E-state index contributed by atoms with van der Waals surface area (Å²) in [5, 5.41) is 12.5. The first-order chi connectivity index (χ1) is 12.2. The van der Waals surface area contributed by atoms with Crippen molar-refractivity contribution >= 4 is 28.4 Å². The molecule has 1 aromatic carbocycles. The summed E-state index contributed by atoms with van der Waals surface area (Å²) in [5.74, 6) is 0.497. The van der Waals surface area contributed by atoms with Gasteiger partial charge in [0, 0.05) is 31.5 Å². The Kier molecular flexibility index (Phi) is 3.69. The van der Waals surface area contributed by atoms with Crippen LogP contribution in [-0.2, 0) is 0 Å². The monoisotopic (exact) mass is 340 g/mol. The molecule has 0 saturated carbocycles. The number of rotatable bonds is 5. The molecular weight excluding hydrogens is 327 g/mol. The SMILES string of the molecule is O=c1[nH]nc2c(NCCNc3ncccn3)nc3ccc(F)cc3n12. The fourth-order valence-electron chi connectivity index (χ4n) is 2.48. The van der Waals surface area contributed by atoms with Gasteiger partial charge in [-0.2, -0.15) is 0 Å². The highest BCUT2D eigenvalue weighted by Crippen LogP contribution is 2.19. The minimum atomic E-state index is -0.452. The van der Waals surface area contributed by atoms with Gasteiger partial charge in [-0.1, -0.05) is 0 Å². The maximum Gasteiger partial charge on any atom is 0.348 e. The van der Waals surface area contributed by atoms with E-state index in [0.717, 1.165) is 0 Å². The summed E-state index contributed by atoms with van der Waals surface area (Å²) in [7, 11) is 0. The number of aromatic nitrogens is 6. The van der Waals surface area contributed by atoms with Crippen LogP contribution in [0, 0.1) is 5.82 Å². The van der Waals surface area contributed by atoms with Gasteiger partial charge < -0.3 is 10.6 Å². The Morgan fingerprint density at radius 3 is 2.80 bits per heavy atom. The Labute approximate surface area is 140 Å². The third kappa shape index (κ3) is 2.84. The molecule has 0 radical (unpaired) electrons. The summed E-state index contributed by atoms with van der Waals surface area (Å²) in [6.07, 6.45) is 3.29. The zero-order chi connectivity index (χ0) is 17.2. The van der Waals surface area contributed by atoms with Gasteiger partial charge in [0.15, 0.2) is 5.82 Å². The van der Waals surface area contributed by atoms with Crippen LogP contribution in [-0.4, -0.2) is 42.6 Å². The number of hydrogen-bond donors (Lipinski definition) is 3. The summed E-state index contributed by atoms with van der Waals surface area (Å²) in [5.41, 5.74) is 0.695. The first kappa shape index (κ1) is 15.0. The van der Waals surface area contributed by atoms with Crippen molar-refractivity contribution in [1.29, 1.82) is 0 Å². The molecule has 10 heteroatoms. The highest BCUT2D eigenvalue weighted by Gasteiger charge is 2.13. The Balaban J connectivity index is 1.60. The van der Waals surface area contributed by atoms with Gasteiger partial charge in [-0.15, -0.1) is 5.10 Å². The van der Waals surface area contributed by atoms with E-state index in [4.69, 9.17) is 0 Å². The number of nitrogens with one attached hydrogen (secondary N) is 3. The highest BCUT2D eigenvalue weighted by atomic mass is 19.1. The van der Waals surface area contributed by atoms with Crippen molar-refractivity contribution in [2.75, 3.05) is 23.7 Å². The molecule has 0 spiro atoms. The number of nitrogens with zero attached hydrogens (tertiary/aromatic N) is 5.